The van der Waals surface area contributed by atoms with Crippen molar-refractivity contribution in [2.75, 3.05) is 19.8 Å². The van der Waals surface area contributed by atoms with E-state index in [9.17, 15) is 0 Å². The van der Waals surface area contributed by atoms with Crippen LogP contribution in [0.4, 0.5) is 0 Å². The molecule has 0 bridgehead atoms. The zero-order valence-electron chi connectivity index (χ0n) is 9.71. The average Bonchev–Trinajstić information content (AvgIpc) is 2.94. The molecule has 1 saturated carbocycles. The third kappa shape index (κ3) is 7.56. The van der Waals surface area contributed by atoms with Crippen molar-refractivity contribution in [2.45, 2.75) is 39.2 Å². The minimum Gasteiger partial charge on any atom is -0.381 e. The first-order valence-electron chi connectivity index (χ1n) is 5.80. The van der Waals surface area contributed by atoms with E-state index in [0.29, 0.717) is 12.0 Å². The summed E-state index contributed by atoms with van der Waals surface area (Å²) >= 11 is 5.13. The Morgan fingerprint density at radius 3 is 2.80 bits per heavy atom. The van der Waals surface area contributed by atoms with E-state index < -0.39 is 0 Å². The van der Waals surface area contributed by atoms with Gasteiger partial charge < -0.3 is 15.4 Å². The summed E-state index contributed by atoms with van der Waals surface area (Å²) in [5.41, 5.74) is 0. The summed E-state index contributed by atoms with van der Waals surface area (Å²) in [5, 5.41) is 7.22. The second-order valence-corrected chi connectivity index (χ2v) is 4.91. The van der Waals surface area contributed by atoms with Gasteiger partial charge in [-0.1, -0.05) is 13.8 Å². The second-order valence-electron chi connectivity index (χ2n) is 4.50. The molecule has 0 aliphatic heterocycles. The number of hydrogen-bond acceptors (Lipinski definition) is 2. The number of hydrogen-bond donors (Lipinski definition) is 2. The minimum absolute atomic E-state index is 0.621. The molecule has 3 nitrogen and oxygen atoms in total. The topological polar surface area (TPSA) is 33.3 Å². The molecule has 4 heteroatoms. The zero-order chi connectivity index (χ0) is 11.1. The fourth-order valence-electron chi connectivity index (χ4n) is 1.16. The van der Waals surface area contributed by atoms with Crippen LogP contribution in [-0.4, -0.2) is 30.9 Å². The maximum absolute atomic E-state index is 5.47. The molecule has 0 spiro atoms. The van der Waals surface area contributed by atoms with Gasteiger partial charge in [0.25, 0.3) is 0 Å². The van der Waals surface area contributed by atoms with Gasteiger partial charge in [-0.05, 0) is 37.4 Å². The number of nitrogens with one attached hydrogen (secondary N) is 2. The highest BCUT2D eigenvalue weighted by Crippen LogP contribution is 2.18. The first kappa shape index (κ1) is 12.7. The van der Waals surface area contributed by atoms with Crippen LogP contribution in [-0.2, 0) is 4.74 Å². The van der Waals surface area contributed by atoms with E-state index in [1.165, 1.54) is 12.8 Å². The molecule has 1 rings (SSSR count). The molecule has 0 unspecified atom stereocenters. The van der Waals surface area contributed by atoms with Crippen molar-refractivity contribution in [3.63, 3.8) is 0 Å². The molecule has 0 aromatic carbocycles. The lowest BCUT2D eigenvalue weighted by atomic mass is 10.2. The van der Waals surface area contributed by atoms with Gasteiger partial charge in [0.2, 0.25) is 0 Å². The van der Waals surface area contributed by atoms with Crippen LogP contribution in [0.2, 0.25) is 0 Å². The van der Waals surface area contributed by atoms with Gasteiger partial charge in [-0.2, -0.15) is 0 Å². The standard InChI is InChI=1S/C11H22N2OS/c1-9(2)8-14-7-3-6-12-11(15)13-10-4-5-10/h9-10H,3-8H2,1-2H3,(H2,12,13,15). The molecule has 0 aromatic rings. The van der Waals surface area contributed by atoms with Crippen LogP contribution in [0, 0.1) is 5.92 Å². The van der Waals surface area contributed by atoms with Crippen molar-refractivity contribution in [1.82, 2.24) is 10.6 Å². The Labute approximate surface area is 98.0 Å². The smallest absolute Gasteiger partial charge is 0.166 e. The molecule has 1 aliphatic rings. The minimum atomic E-state index is 0.621. The fourth-order valence-corrected chi connectivity index (χ4v) is 1.43. The number of rotatable bonds is 7. The SMILES string of the molecule is CC(C)COCCCNC(=S)NC1CC1. The second kappa shape index (κ2) is 7.01. The summed E-state index contributed by atoms with van der Waals surface area (Å²) in [5.74, 6) is 0.621. The van der Waals surface area contributed by atoms with E-state index in [1.54, 1.807) is 0 Å². The van der Waals surface area contributed by atoms with Crippen molar-refractivity contribution < 1.29 is 4.74 Å². The van der Waals surface area contributed by atoms with Crippen LogP contribution in [0.5, 0.6) is 0 Å². The first-order chi connectivity index (χ1) is 7.18. The summed E-state index contributed by atoms with van der Waals surface area (Å²) < 4.78 is 5.47. The van der Waals surface area contributed by atoms with Gasteiger partial charge in [0.1, 0.15) is 0 Å². The zero-order valence-corrected chi connectivity index (χ0v) is 10.5. The molecule has 2 N–H and O–H groups in total. The van der Waals surface area contributed by atoms with E-state index in [1.807, 2.05) is 0 Å². The van der Waals surface area contributed by atoms with Crippen molar-refractivity contribution in [2.24, 2.45) is 5.92 Å². The largest absolute Gasteiger partial charge is 0.381 e. The van der Waals surface area contributed by atoms with Crippen LogP contribution in [0.3, 0.4) is 0 Å². The quantitative estimate of drug-likeness (QED) is 0.515. The molecule has 1 aliphatic carbocycles. The monoisotopic (exact) mass is 230 g/mol. The van der Waals surface area contributed by atoms with E-state index in [-0.39, 0.29) is 0 Å². The third-order valence-corrected chi connectivity index (χ3v) is 2.38. The van der Waals surface area contributed by atoms with Gasteiger partial charge in [-0.3, -0.25) is 0 Å². The van der Waals surface area contributed by atoms with Crippen LogP contribution in [0.1, 0.15) is 33.1 Å². The molecule has 15 heavy (non-hydrogen) atoms. The predicted octanol–water partition coefficient (Wildman–Crippen LogP) is 1.68. The molecule has 0 amide bonds. The van der Waals surface area contributed by atoms with Crippen molar-refractivity contribution in [3.05, 3.63) is 0 Å². The van der Waals surface area contributed by atoms with Gasteiger partial charge in [0, 0.05) is 25.8 Å². The first-order valence-corrected chi connectivity index (χ1v) is 6.21. The van der Waals surface area contributed by atoms with Crippen LogP contribution in [0.15, 0.2) is 0 Å². The molecule has 0 radical (unpaired) electrons. The van der Waals surface area contributed by atoms with E-state index in [2.05, 4.69) is 24.5 Å². The van der Waals surface area contributed by atoms with Gasteiger partial charge in [0.05, 0.1) is 0 Å². The van der Waals surface area contributed by atoms with Crippen molar-refractivity contribution >= 4 is 17.3 Å². The van der Waals surface area contributed by atoms with Crippen LogP contribution in [0.25, 0.3) is 0 Å². The number of thiocarbonyl (C=S) groups is 1. The Kier molecular flexibility index (Phi) is 5.95. The van der Waals surface area contributed by atoms with E-state index in [4.69, 9.17) is 17.0 Å². The van der Waals surface area contributed by atoms with E-state index in [0.717, 1.165) is 31.3 Å². The highest BCUT2D eigenvalue weighted by atomic mass is 32.1. The summed E-state index contributed by atoms with van der Waals surface area (Å²) in [6.07, 6.45) is 3.54. The summed E-state index contributed by atoms with van der Waals surface area (Å²) in [6.45, 7) is 6.89. The lowest BCUT2D eigenvalue weighted by molar-refractivity contribution is 0.108. The van der Waals surface area contributed by atoms with Crippen LogP contribution < -0.4 is 10.6 Å². The van der Waals surface area contributed by atoms with E-state index >= 15 is 0 Å². The maximum Gasteiger partial charge on any atom is 0.166 e. The van der Waals surface area contributed by atoms with Gasteiger partial charge in [-0.25, -0.2) is 0 Å². The Bertz CT molecular complexity index is 193. The summed E-state index contributed by atoms with van der Waals surface area (Å²) in [7, 11) is 0. The van der Waals surface area contributed by atoms with Gasteiger partial charge in [0.15, 0.2) is 5.11 Å². The van der Waals surface area contributed by atoms with Crippen LogP contribution >= 0.6 is 12.2 Å². The van der Waals surface area contributed by atoms with Crippen molar-refractivity contribution in [1.29, 1.82) is 0 Å². The Morgan fingerprint density at radius 2 is 2.20 bits per heavy atom. The molecule has 0 saturated heterocycles. The Morgan fingerprint density at radius 1 is 1.47 bits per heavy atom. The summed E-state index contributed by atoms with van der Waals surface area (Å²) in [6, 6.07) is 0.641. The van der Waals surface area contributed by atoms with Gasteiger partial charge >= 0.3 is 0 Å². The molecule has 0 heterocycles. The lowest BCUT2D eigenvalue weighted by Crippen LogP contribution is -2.37. The average molecular weight is 230 g/mol. The normalized spacial score (nSPS) is 15.4. The highest BCUT2D eigenvalue weighted by Gasteiger charge is 2.21. The maximum atomic E-state index is 5.47. The molecular weight excluding hydrogens is 208 g/mol. The van der Waals surface area contributed by atoms with Gasteiger partial charge in [-0.15, -0.1) is 0 Å². The fraction of sp³-hybridized carbons (Fsp3) is 0.909. The Balaban J connectivity index is 1.81. The lowest BCUT2D eigenvalue weighted by Gasteiger charge is -2.10. The van der Waals surface area contributed by atoms with Crippen molar-refractivity contribution in [3.8, 4) is 0 Å². The Hall–Kier alpha value is -0.350. The molecular formula is C11H22N2OS. The highest BCUT2D eigenvalue weighted by molar-refractivity contribution is 7.80. The molecule has 0 aromatic heterocycles. The third-order valence-electron chi connectivity index (χ3n) is 2.11. The summed E-state index contributed by atoms with van der Waals surface area (Å²) in [4.78, 5) is 0. The predicted molar refractivity (Wildman–Crippen MR) is 67.0 cm³/mol. The molecule has 1 fully saturated rings. The molecule has 88 valence electrons. The number of ether oxygens (including phenoxy) is 1. The molecule has 0 atom stereocenters.